The summed E-state index contributed by atoms with van der Waals surface area (Å²) >= 11 is 6.04. The van der Waals surface area contributed by atoms with Gasteiger partial charge in [-0.3, -0.25) is 0 Å². The number of nitrogens with one attached hydrogen (secondary N) is 1. The van der Waals surface area contributed by atoms with Gasteiger partial charge in [0.15, 0.2) is 5.96 Å². The third-order valence-corrected chi connectivity index (χ3v) is 4.79. The fraction of sp³-hybridized carbons (Fsp3) is 0.278. The van der Waals surface area contributed by atoms with Crippen LogP contribution < -0.4 is 10.5 Å². The maximum Gasteiger partial charge on any atom is 0.238 e. The maximum atomic E-state index is 11.5. The summed E-state index contributed by atoms with van der Waals surface area (Å²) in [5, 5.41) is 9.11. The van der Waals surface area contributed by atoms with Crippen molar-refractivity contribution < 1.29 is 8.42 Å². The fourth-order valence-electron chi connectivity index (χ4n) is 2.44. The number of rotatable bonds is 6. The molecule has 3 N–H and O–H groups in total. The molecular formula is C18H24ClIN4O2S. The van der Waals surface area contributed by atoms with Crippen LogP contribution >= 0.6 is 35.6 Å². The van der Waals surface area contributed by atoms with Crippen LogP contribution in [0.5, 0.6) is 0 Å². The summed E-state index contributed by atoms with van der Waals surface area (Å²) in [4.78, 5) is 6.66. The number of hydrogen-bond acceptors (Lipinski definition) is 3. The van der Waals surface area contributed by atoms with E-state index in [0.29, 0.717) is 24.1 Å². The molecule has 0 amide bonds. The SMILES string of the molecule is CCNC(=NCc1cccc(S(N)(=O)=O)c1)N(C)Cc1cccc(Cl)c1.I. The molecule has 2 aromatic carbocycles. The van der Waals surface area contributed by atoms with Crippen molar-refractivity contribution in [2.75, 3.05) is 13.6 Å². The Bertz CT molecular complexity index is 890. The van der Waals surface area contributed by atoms with Crippen molar-refractivity contribution in [2.45, 2.75) is 24.9 Å². The van der Waals surface area contributed by atoms with Crippen LogP contribution in [0.25, 0.3) is 0 Å². The normalized spacial score (nSPS) is 11.6. The molecular weight excluding hydrogens is 499 g/mol. The molecule has 0 spiro atoms. The Kier molecular flexibility index (Phi) is 9.51. The Hall–Kier alpha value is -1.36. The van der Waals surface area contributed by atoms with Gasteiger partial charge in [-0.1, -0.05) is 35.9 Å². The van der Waals surface area contributed by atoms with E-state index in [2.05, 4.69) is 10.3 Å². The molecule has 0 unspecified atom stereocenters. The van der Waals surface area contributed by atoms with E-state index in [9.17, 15) is 8.42 Å². The van der Waals surface area contributed by atoms with Gasteiger partial charge in [-0.15, -0.1) is 24.0 Å². The number of nitrogens with two attached hydrogens (primary N) is 1. The van der Waals surface area contributed by atoms with E-state index in [1.165, 1.54) is 6.07 Å². The predicted molar refractivity (Wildman–Crippen MR) is 121 cm³/mol. The number of hydrogen-bond donors (Lipinski definition) is 2. The molecule has 0 saturated heterocycles. The summed E-state index contributed by atoms with van der Waals surface area (Å²) in [7, 11) is -1.79. The van der Waals surface area contributed by atoms with Crippen molar-refractivity contribution in [3.8, 4) is 0 Å². The van der Waals surface area contributed by atoms with E-state index in [1.807, 2.05) is 49.2 Å². The van der Waals surface area contributed by atoms with Crippen LogP contribution in [0.1, 0.15) is 18.1 Å². The van der Waals surface area contributed by atoms with Crippen LogP contribution in [-0.4, -0.2) is 32.9 Å². The van der Waals surface area contributed by atoms with Crippen molar-refractivity contribution >= 4 is 51.6 Å². The molecule has 0 bridgehead atoms. The number of nitrogens with zero attached hydrogens (tertiary/aromatic N) is 2. The third-order valence-electron chi connectivity index (χ3n) is 3.64. The number of aliphatic imine (C=N–C) groups is 1. The lowest BCUT2D eigenvalue weighted by Gasteiger charge is -2.22. The first-order valence-electron chi connectivity index (χ1n) is 8.15. The smallest absolute Gasteiger partial charge is 0.238 e. The molecule has 9 heteroatoms. The molecule has 0 radical (unpaired) electrons. The molecule has 0 fully saturated rings. The highest BCUT2D eigenvalue weighted by Gasteiger charge is 2.09. The van der Waals surface area contributed by atoms with Crippen molar-refractivity contribution in [3.05, 3.63) is 64.7 Å². The average Bonchev–Trinajstić information content (AvgIpc) is 2.58. The molecule has 6 nitrogen and oxygen atoms in total. The number of benzene rings is 2. The second-order valence-corrected chi connectivity index (χ2v) is 7.85. The minimum atomic E-state index is -3.72. The second-order valence-electron chi connectivity index (χ2n) is 5.85. The first kappa shape index (κ1) is 23.7. The van der Waals surface area contributed by atoms with Gasteiger partial charge in [-0.05, 0) is 42.3 Å². The Morgan fingerprint density at radius 3 is 2.48 bits per heavy atom. The minimum absolute atomic E-state index is 0. The van der Waals surface area contributed by atoms with Crippen LogP contribution in [0.4, 0.5) is 0 Å². The molecule has 27 heavy (non-hydrogen) atoms. The quantitative estimate of drug-likeness (QED) is 0.346. The molecule has 0 aromatic heterocycles. The summed E-state index contributed by atoms with van der Waals surface area (Å²) in [6.45, 7) is 3.69. The lowest BCUT2D eigenvalue weighted by atomic mass is 10.2. The van der Waals surface area contributed by atoms with Gasteiger partial charge in [0.25, 0.3) is 0 Å². The number of guanidine groups is 1. The van der Waals surface area contributed by atoms with Crippen molar-refractivity contribution in [3.63, 3.8) is 0 Å². The minimum Gasteiger partial charge on any atom is -0.357 e. The van der Waals surface area contributed by atoms with Gasteiger partial charge >= 0.3 is 0 Å². The van der Waals surface area contributed by atoms with Crippen LogP contribution in [0.2, 0.25) is 5.02 Å². The summed E-state index contributed by atoms with van der Waals surface area (Å²) in [6.07, 6.45) is 0. The zero-order valence-corrected chi connectivity index (χ0v) is 19.1. The highest BCUT2D eigenvalue weighted by Crippen LogP contribution is 2.13. The van der Waals surface area contributed by atoms with Gasteiger partial charge in [0.05, 0.1) is 11.4 Å². The highest BCUT2D eigenvalue weighted by atomic mass is 127. The third kappa shape index (κ3) is 7.65. The fourth-order valence-corrected chi connectivity index (χ4v) is 3.24. The van der Waals surface area contributed by atoms with Gasteiger partial charge in [0.1, 0.15) is 0 Å². The Balaban J connectivity index is 0.00000364. The van der Waals surface area contributed by atoms with Crippen molar-refractivity contribution in [1.29, 1.82) is 0 Å². The van der Waals surface area contributed by atoms with E-state index >= 15 is 0 Å². The van der Waals surface area contributed by atoms with Crippen molar-refractivity contribution in [2.24, 2.45) is 10.1 Å². The van der Waals surface area contributed by atoms with Crippen molar-refractivity contribution in [1.82, 2.24) is 10.2 Å². The number of sulfonamides is 1. The van der Waals surface area contributed by atoms with E-state index in [4.69, 9.17) is 16.7 Å². The van der Waals surface area contributed by atoms with Gasteiger partial charge in [-0.25, -0.2) is 18.5 Å². The topological polar surface area (TPSA) is 87.8 Å². The summed E-state index contributed by atoms with van der Waals surface area (Å²) < 4.78 is 23.0. The van der Waals surface area contributed by atoms with Gasteiger partial charge in [-0.2, -0.15) is 0 Å². The van der Waals surface area contributed by atoms with Crippen LogP contribution in [0.3, 0.4) is 0 Å². The van der Waals surface area contributed by atoms with E-state index in [0.717, 1.165) is 17.7 Å². The zero-order chi connectivity index (χ0) is 19.2. The monoisotopic (exact) mass is 522 g/mol. The molecule has 0 aliphatic rings. The number of halogens is 2. The molecule has 0 aliphatic heterocycles. The molecule has 148 valence electrons. The lowest BCUT2D eigenvalue weighted by Crippen LogP contribution is -2.38. The van der Waals surface area contributed by atoms with E-state index < -0.39 is 10.0 Å². The molecule has 0 atom stereocenters. The largest absolute Gasteiger partial charge is 0.357 e. The summed E-state index contributed by atoms with van der Waals surface area (Å²) in [5.41, 5.74) is 1.84. The van der Waals surface area contributed by atoms with E-state index in [1.54, 1.807) is 12.1 Å². The van der Waals surface area contributed by atoms with Crippen LogP contribution in [0.15, 0.2) is 58.4 Å². The van der Waals surface area contributed by atoms with Gasteiger partial charge in [0.2, 0.25) is 10.0 Å². The summed E-state index contributed by atoms with van der Waals surface area (Å²) in [5.74, 6) is 0.716. The second kappa shape index (κ2) is 10.8. The summed E-state index contributed by atoms with van der Waals surface area (Å²) in [6, 6.07) is 14.2. The Morgan fingerprint density at radius 2 is 1.85 bits per heavy atom. The lowest BCUT2D eigenvalue weighted by molar-refractivity contribution is 0.477. The molecule has 0 aliphatic carbocycles. The maximum absolute atomic E-state index is 11.5. The standard InChI is InChI=1S/C18H23ClN4O2S.HI/c1-3-21-18(23(2)13-15-7-4-8-16(19)10-15)22-12-14-6-5-9-17(11-14)26(20,24)25;/h4-11H,3,12-13H2,1-2H3,(H,21,22)(H2,20,24,25);1H. The van der Waals surface area contributed by atoms with Gasteiger partial charge < -0.3 is 10.2 Å². The first-order chi connectivity index (χ1) is 12.3. The number of primary sulfonamides is 1. The van der Waals surface area contributed by atoms with E-state index in [-0.39, 0.29) is 28.9 Å². The Morgan fingerprint density at radius 1 is 1.19 bits per heavy atom. The predicted octanol–water partition coefficient (Wildman–Crippen LogP) is 3.20. The molecule has 2 aromatic rings. The highest BCUT2D eigenvalue weighted by molar-refractivity contribution is 14.0. The van der Waals surface area contributed by atoms with Crippen LogP contribution in [0, 0.1) is 0 Å². The molecule has 0 heterocycles. The molecule has 0 saturated carbocycles. The Labute approximate surface area is 182 Å². The molecule has 2 rings (SSSR count). The first-order valence-corrected chi connectivity index (χ1v) is 10.1. The van der Waals surface area contributed by atoms with Gasteiger partial charge in [0, 0.05) is 25.2 Å². The van der Waals surface area contributed by atoms with Crippen LogP contribution in [-0.2, 0) is 23.1 Å². The average molecular weight is 523 g/mol. The zero-order valence-electron chi connectivity index (χ0n) is 15.2.